The van der Waals surface area contributed by atoms with Crippen molar-refractivity contribution in [2.75, 3.05) is 26.2 Å². The first-order chi connectivity index (χ1) is 8.58. The van der Waals surface area contributed by atoms with E-state index in [9.17, 15) is 14.9 Å². The Kier molecular flexibility index (Phi) is 5.73. The number of amides is 1. The summed E-state index contributed by atoms with van der Waals surface area (Å²) < 4.78 is 0. The van der Waals surface area contributed by atoms with Gasteiger partial charge in [-0.1, -0.05) is 25.2 Å². The van der Waals surface area contributed by atoms with E-state index in [1.54, 1.807) is 0 Å². The van der Waals surface area contributed by atoms with Gasteiger partial charge in [-0.15, -0.1) is 0 Å². The predicted molar refractivity (Wildman–Crippen MR) is 71.1 cm³/mol. The third kappa shape index (κ3) is 4.08. The van der Waals surface area contributed by atoms with Crippen LogP contribution in [0.3, 0.4) is 0 Å². The maximum Gasteiger partial charge on any atom is 0.324 e. The van der Waals surface area contributed by atoms with Gasteiger partial charge in [-0.05, 0) is 19.2 Å². The lowest BCUT2D eigenvalue weighted by Crippen LogP contribution is -2.34. The van der Waals surface area contributed by atoms with Gasteiger partial charge in [-0.2, -0.15) is 0 Å². The minimum absolute atomic E-state index is 0.0103. The number of carbonyl (C=O) groups excluding carboxylic acids is 1. The molecule has 1 N–H and O–H groups in total. The number of carbonyl (C=O) groups is 1. The van der Waals surface area contributed by atoms with Gasteiger partial charge in [0.1, 0.15) is 0 Å². The summed E-state index contributed by atoms with van der Waals surface area (Å²) >= 11 is 0.895. The minimum Gasteiger partial charge on any atom is -0.350 e. The predicted octanol–water partition coefficient (Wildman–Crippen LogP) is 1.73. The molecule has 6 nitrogen and oxygen atoms in total. The SMILES string of the molecule is CCN(CC)CCNC(=O)c1ccc([N+](=O)[O-])s1. The zero-order valence-corrected chi connectivity index (χ0v) is 11.3. The second kappa shape index (κ2) is 7.07. The van der Waals surface area contributed by atoms with Crippen LogP contribution in [0.1, 0.15) is 23.5 Å². The van der Waals surface area contributed by atoms with E-state index in [0.29, 0.717) is 11.4 Å². The Labute approximate surface area is 110 Å². The van der Waals surface area contributed by atoms with Crippen LogP contribution in [-0.2, 0) is 0 Å². The van der Waals surface area contributed by atoms with E-state index in [-0.39, 0.29) is 10.9 Å². The maximum atomic E-state index is 11.7. The van der Waals surface area contributed by atoms with Gasteiger partial charge >= 0.3 is 5.00 Å². The zero-order valence-electron chi connectivity index (χ0n) is 10.5. The summed E-state index contributed by atoms with van der Waals surface area (Å²) in [5.41, 5.74) is 0. The lowest BCUT2D eigenvalue weighted by molar-refractivity contribution is -0.380. The third-order valence-corrected chi connectivity index (χ3v) is 3.64. The van der Waals surface area contributed by atoms with Gasteiger partial charge in [0.05, 0.1) is 9.80 Å². The Morgan fingerprint density at radius 2 is 2.11 bits per heavy atom. The van der Waals surface area contributed by atoms with Crippen molar-refractivity contribution in [3.63, 3.8) is 0 Å². The molecule has 100 valence electrons. The van der Waals surface area contributed by atoms with E-state index in [1.807, 2.05) is 0 Å². The number of nitrogens with one attached hydrogen (secondary N) is 1. The van der Waals surface area contributed by atoms with E-state index in [2.05, 4.69) is 24.1 Å². The summed E-state index contributed by atoms with van der Waals surface area (Å²) in [6.45, 7) is 7.34. The van der Waals surface area contributed by atoms with Crippen molar-refractivity contribution < 1.29 is 9.72 Å². The molecule has 0 fully saturated rings. The van der Waals surface area contributed by atoms with Crippen LogP contribution in [0, 0.1) is 10.1 Å². The molecule has 0 aliphatic rings. The van der Waals surface area contributed by atoms with Crippen molar-refractivity contribution in [2.45, 2.75) is 13.8 Å². The van der Waals surface area contributed by atoms with Gasteiger partial charge < -0.3 is 10.2 Å². The van der Waals surface area contributed by atoms with Crippen molar-refractivity contribution in [2.24, 2.45) is 0 Å². The summed E-state index contributed by atoms with van der Waals surface area (Å²) in [6, 6.07) is 2.83. The number of hydrogen-bond donors (Lipinski definition) is 1. The van der Waals surface area contributed by atoms with Gasteiger partial charge in [0.25, 0.3) is 5.91 Å². The van der Waals surface area contributed by atoms with Crippen LogP contribution >= 0.6 is 11.3 Å². The molecule has 1 heterocycles. The van der Waals surface area contributed by atoms with Crippen LogP contribution in [0.2, 0.25) is 0 Å². The number of likely N-dealkylation sites (N-methyl/N-ethyl adjacent to an activating group) is 1. The summed E-state index contributed by atoms with van der Waals surface area (Å²) in [7, 11) is 0. The monoisotopic (exact) mass is 271 g/mol. The first-order valence-corrected chi connectivity index (χ1v) is 6.64. The fraction of sp³-hybridized carbons (Fsp3) is 0.545. The van der Waals surface area contributed by atoms with Crippen molar-refractivity contribution in [1.82, 2.24) is 10.2 Å². The summed E-state index contributed by atoms with van der Waals surface area (Å²) in [5.74, 6) is -0.250. The first kappa shape index (κ1) is 14.6. The molecule has 0 saturated heterocycles. The van der Waals surface area contributed by atoms with Gasteiger partial charge in [0.2, 0.25) is 0 Å². The normalized spacial score (nSPS) is 10.6. The lowest BCUT2D eigenvalue weighted by Gasteiger charge is -2.17. The second-order valence-corrected chi connectivity index (χ2v) is 4.74. The molecular formula is C11H17N3O3S. The highest BCUT2D eigenvalue weighted by molar-refractivity contribution is 7.17. The third-order valence-electron chi connectivity index (χ3n) is 2.60. The van der Waals surface area contributed by atoms with Gasteiger partial charge in [-0.25, -0.2) is 0 Å². The number of hydrogen-bond acceptors (Lipinski definition) is 5. The molecule has 0 aromatic carbocycles. The molecule has 0 aliphatic heterocycles. The molecule has 1 rings (SSSR count). The van der Waals surface area contributed by atoms with E-state index in [4.69, 9.17) is 0 Å². The average Bonchev–Trinajstić information content (AvgIpc) is 2.84. The highest BCUT2D eigenvalue weighted by Crippen LogP contribution is 2.23. The molecule has 1 amide bonds. The Hall–Kier alpha value is -1.47. The molecule has 18 heavy (non-hydrogen) atoms. The van der Waals surface area contributed by atoms with E-state index >= 15 is 0 Å². The van der Waals surface area contributed by atoms with Crippen molar-refractivity contribution >= 4 is 22.2 Å². The summed E-state index contributed by atoms with van der Waals surface area (Å²) in [5, 5.41) is 13.2. The Morgan fingerprint density at radius 1 is 1.44 bits per heavy atom. The molecule has 0 aliphatic carbocycles. The first-order valence-electron chi connectivity index (χ1n) is 5.83. The molecule has 7 heteroatoms. The molecular weight excluding hydrogens is 254 g/mol. The maximum absolute atomic E-state index is 11.7. The van der Waals surface area contributed by atoms with Gasteiger partial charge in [0, 0.05) is 19.2 Å². The van der Waals surface area contributed by atoms with Gasteiger partial charge in [0.15, 0.2) is 0 Å². The molecule has 1 aromatic rings. The molecule has 0 atom stereocenters. The Morgan fingerprint density at radius 3 is 2.61 bits per heavy atom. The second-order valence-electron chi connectivity index (χ2n) is 3.68. The van der Waals surface area contributed by atoms with E-state index < -0.39 is 4.92 Å². The molecule has 1 aromatic heterocycles. The standard InChI is InChI=1S/C11H17N3O3S/c1-3-13(4-2)8-7-12-11(15)9-5-6-10(18-9)14(16)17/h5-6H,3-4,7-8H2,1-2H3,(H,12,15). The van der Waals surface area contributed by atoms with Gasteiger partial charge in [-0.3, -0.25) is 14.9 Å². The summed E-state index contributed by atoms with van der Waals surface area (Å²) in [4.78, 5) is 24.3. The Balaban J connectivity index is 2.42. The number of rotatable bonds is 7. The fourth-order valence-corrected chi connectivity index (χ4v) is 2.24. The minimum atomic E-state index is -0.489. The van der Waals surface area contributed by atoms with E-state index in [1.165, 1.54) is 12.1 Å². The quantitative estimate of drug-likeness (QED) is 0.605. The van der Waals surface area contributed by atoms with Crippen LogP contribution in [0.5, 0.6) is 0 Å². The molecule has 0 unspecified atom stereocenters. The Bertz CT molecular complexity index is 415. The number of nitrogens with zero attached hydrogens (tertiary/aromatic N) is 2. The zero-order chi connectivity index (χ0) is 13.5. The van der Waals surface area contributed by atoms with Crippen LogP contribution in [0.4, 0.5) is 5.00 Å². The van der Waals surface area contributed by atoms with Crippen LogP contribution in [-0.4, -0.2) is 41.9 Å². The van der Waals surface area contributed by atoms with E-state index in [0.717, 1.165) is 31.0 Å². The smallest absolute Gasteiger partial charge is 0.324 e. The van der Waals surface area contributed by atoms with Crippen LogP contribution in [0.15, 0.2) is 12.1 Å². The molecule has 0 spiro atoms. The molecule has 0 saturated carbocycles. The van der Waals surface area contributed by atoms with Crippen molar-refractivity contribution in [3.8, 4) is 0 Å². The number of nitro groups is 1. The lowest BCUT2D eigenvalue weighted by atomic mass is 10.4. The molecule has 0 radical (unpaired) electrons. The van der Waals surface area contributed by atoms with Crippen LogP contribution in [0.25, 0.3) is 0 Å². The highest BCUT2D eigenvalue weighted by Gasteiger charge is 2.14. The number of thiophene rings is 1. The summed E-state index contributed by atoms with van der Waals surface area (Å²) in [6.07, 6.45) is 0. The average molecular weight is 271 g/mol. The van der Waals surface area contributed by atoms with Crippen molar-refractivity contribution in [1.29, 1.82) is 0 Å². The molecule has 0 bridgehead atoms. The highest BCUT2D eigenvalue weighted by atomic mass is 32.1. The fourth-order valence-electron chi connectivity index (χ4n) is 1.50. The van der Waals surface area contributed by atoms with Crippen molar-refractivity contribution in [3.05, 3.63) is 27.1 Å². The van der Waals surface area contributed by atoms with Crippen LogP contribution < -0.4 is 5.32 Å². The topological polar surface area (TPSA) is 75.5 Å². The largest absolute Gasteiger partial charge is 0.350 e.